The number of benzene rings is 2. The smallest absolute Gasteiger partial charge is 0.252 e. The van der Waals surface area contributed by atoms with Crippen LogP contribution in [0.25, 0.3) is 10.9 Å². The van der Waals surface area contributed by atoms with E-state index >= 15 is 0 Å². The second-order valence-electron chi connectivity index (χ2n) is 13.0. The number of piperidine rings is 2. The number of nitrogens with two attached hydrogens (primary N) is 1. The van der Waals surface area contributed by atoms with Gasteiger partial charge in [-0.3, -0.25) is 14.5 Å². The van der Waals surface area contributed by atoms with Gasteiger partial charge in [-0.1, -0.05) is 57.5 Å². The summed E-state index contributed by atoms with van der Waals surface area (Å²) in [5, 5.41) is 0.958. The summed E-state index contributed by atoms with van der Waals surface area (Å²) < 4.78 is 0. The Morgan fingerprint density at radius 1 is 0.977 bits per heavy atom. The molecule has 2 aliphatic rings. The molecule has 3 heterocycles. The fourth-order valence-electron chi connectivity index (χ4n) is 8.18. The molecule has 3 aromatic rings. The Labute approximate surface area is 264 Å². The Kier molecular flexibility index (Phi) is 10.3. The number of aromatic nitrogens is 1. The maximum Gasteiger partial charge on any atom is 0.252 e. The van der Waals surface area contributed by atoms with Gasteiger partial charge >= 0.3 is 0 Å². The van der Waals surface area contributed by atoms with Crippen molar-refractivity contribution in [2.45, 2.75) is 103 Å². The normalized spacial score (nSPS) is 19.1. The number of carbonyl (C=O) groups excluding carboxylic acids is 2. The number of likely N-dealkylation sites (N-methyl/N-ethyl adjacent to an activating group) is 1. The number of aromatic amines is 1. The van der Waals surface area contributed by atoms with E-state index in [1.54, 1.807) is 11.8 Å². The van der Waals surface area contributed by atoms with Gasteiger partial charge in [0.25, 0.3) is 5.91 Å². The van der Waals surface area contributed by atoms with Crippen LogP contribution in [0.4, 0.5) is 0 Å². The number of nitrogens with one attached hydrogen (secondary N) is 1. The number of fused-ring (bicyclic) bond motifs is 1. The minimum absolute atomic E-state index is 0.187. The number of carbonyl (C=O) groups is 2. The molecule has 7 heteroatoms. The Bertz CT molecular complexity index is 1420. The first-order valence-electron chi connectivity index (χ1n) is 17.0. The van der Waals surface area contributed by atoms with Crippen LogP contribution in [0.3, 0.4) is 0 Å². The van der Waals surface area contributed by atoms with E-state index in [0.29, 0.717) is 25.7 Å². The number of nitrogens with zero attached hydrogens (tertiary/aromatic N) is 3. The van der Waals surface area contributed by atoms with Gasteiger partial charge in [-0.25, -0.2) is 0 Å². The molecule has 3 N–H and O–H groups in total. The van der Waals surface area contributed by atoms with Crippen LogP contribution in [0.15, 0.2) is 42.6 Å². The molecule has 7 nitrogen and oxygen atoms in total. The van der Waals surface area contributed by atoms with Crippen molar-refractivity contribution in [2.75, 3.05) is 33.2 Å². The average Bonchev–Trinajstić information content (AvgIpc) is 3.49. The predicted octanol–water partition coefficient (Wildman–Crippen LogP) is 5.79. The summed E-state index contributed by atoms with van der Waals surface area (Å²) in [4.78, 5) is 38.9. The maximum absolute atomic E-state index is 15.0. The molecule has 44 heavy (non-hydrogen) atoms. The Balaban J connectivity index is 1.52. The van der Waals surface area contributed by atoms with Gasteiger partial charge < -0.3 is 20.5 Å². The third-order valence-corrected chi connectivity index (χ3v) is 10.5. The summed E-state index contributed by atoms with van der Waals surface area (Å²) in [6.07, 6.45) is 10.5. The van der Waals surface area contributed by atoms with Crippen LogP contribution in [0.2, 0.25) is 0 Å². The van der Waals surface area contributed by atoms with Crippen LogP contribution in [-0.2, 0) is 35.4 Å². The highest BCUT2D eigenvalue weighted by molar-refractivity contribution is 6.11. The molecule has 2 aromatic carbocycles. The minimum Gasteiger partial charge on any atom is -0.361 e. The summed E-state index contributed by atoms with van der Waals surface area (Å²) in [6.45, 7) is 12.2. The maximum atomic E-state index is 15.0. The number of rotatable bonds is 11. The predicted molar refractivity (Wildman–Crippen MR) is 180 cm³/mol. The number of likely N-dealkylation sites (tertiary alicyclic amines) is 2. The zero-order valence-electron chi connectivity index (χ0n) is 27.6. The minimum atomic E-state index is -1.50. The topological polar surface area (TPSA) is 85.7 Å². The summed E-state index contributed by atoms with van der Waals surface area (Å²) in [5.41, 5.74) is 12.7. The third kappa shape index (κ3) is 5.99. The number of H-pyrrole nitrogens is 1. The van der Waals surface area contributed by atoms with Crippen molar-refractivity contribution in [1.82, 2.24) is 19.7 Å². The van der Waals surface area contributed by atoms with E-state index in [-0.39, 0.29) is 11.7 Å². The number of amides is 1. The van der Waals surface area contributed by atoms with E-state index < -0.39 is 11.6 Å². The van der Waals surface area contributed by atoms with E-state index in [2.05, 4.69) is 47.7 Å². The molecule has 0 bridgehead atoms. The van der Waals surface area contributed by atoms with Crippen LogP contribution < -0.4 is 5.73 Å². The second kappa shape index (κ2) is 14.0. The standard InChI is InChI=1S/C37H53N5O2/c1-6-28-22-27(23-29(7-2)31(28)8-3)25-40(5)36(44)37(26(4)43,35(38)33-24-39-34-15-11-10-14-32(33)34)42-20-16-30(17-21-42)41-18-12-9-13-19-41/h10-11,14-15,22-24,30,35,39H,6-9,12-13,16-21,25,38H2,1-5H3. The Hall–Kier alpha value is -3.00. The van der Waals surface area contributed by atoms with Crippen molar-refractivity contribution < 1.29 is 9.59 Å². The summed E-state index contributed by atoms with van der Waals surface area (Å²) in [7, 11) is 1.84. The quantitative estimate of drug-likeness (QED) is 0.273. The lowest BCUT2D eigenvalue weighted by atomic mass is 9.77. The molecule has 0 spiro atoms. The van der Waals surface area contributed by atoms with E-state index in [1.807, 2.05) is 37.5 Å². The van der Waals surface area contributed by atoms with Crippen molar-refractivity contribution in [3.05, 3.63) is 70.4 Å². The molecule has 2 unspecified atom stereocenters. The fourth-order valence-corrected chi connectivity index (χ4v) is 8.18. The van der Waals surface area contributed by atoms with Crippen LogP contribution in [-0.4, -0.2) is 76.2 Å². The van der Waals surface area contributed by atoms with E-state index in [1.165, 1.54) is 36.0 Å². The number of ketones is 1. The highest BCUT2D eigenvalue weighted by atomic mass is 16.2. The molecule has 2 aliphatic heterocycles. The molecular formula is C37H53N5O2. The van der Waals surface area contributed by atoms with Crippen molar-refractivity contribution >= 4 is 22.6 Å². The van der Waals surface area contributed by atoms with Crippen LogP contribution in [0.1, 0.15) is 93.7 Å². The number of hydrogen-bond acceptors (Lipinski definition) is 5. The SMILES string of the molecule is CCc1cc(CN(C)C(=O)C(C(C)=O)(C(N)c2c[nH]c3ccccc23)N2CCC(N3CCCCC3)CC2)cc(CC)c1CC. The van der Waals surface area contributed by atoms with Gasteiger partial charge in [-0.2, -0.15) is 0 Å². The van der Waals surface area contributed by atoms with Crippen molar-refractivity contribution in [2.24, 2.45) is 5.73 Å². The van der Waals surface area contributed by atoms with Gasteiger partial charge in [0.2, 0.25) is 0 Å². The third-order valence-electron chi connectivity index (χ3n) is 10.5. The van der Waals surface area contributed by atoms with Gasteiger partial charge in [-0.15, -0.1) is 0 Å². The molecule has 238 valence electrons. The number of aryl methyl sites for hydroxylation is 2. The van der Waals surface area contributed by atoms with E-state index in [4.69, 9.17) is 5.73 Å². The van der Waals surface area contributed by atoms with Crippen LogP contribution >= 0.6 is 0 Å². The molecule has 2 atom stereocenters. The number of Topliss-reactive ketones (excluding diaryl/α,β-unsaturated/α-hetero) is 1. The number of para-hydroxylation sites is 1. The first kappa shape index (κ1) is 32.4. The molecule has 0 radical (unpaired) electrons. The largest absolute Gasteiger partial charge is 0.361 e. The highest BCUT2D eigenvalue weighted by Gasteiger charge is 2.56. The highest BCUT2D eigenvalue weighted by Crippen LogP contribution is 2.39. The lowest BCUT2D eigenvalue weighted by Gasteiger charge is -2.50. The van der Waals surface area contributed by atoms with Crippen molar-refractivity contribution in [1.29, 1.82) is 0 Å². The molecule has 0 saturated carbocycles. The van der Waals surface area contributed by atoms with Gasteiger partial charge in [-0.05, 0) is 98.8 Å². The first-order chi connectivity index (χ1) is 21.3. The van der Waals surface area contributed by atoms with Gasteiger partial charge in [0.1, 0.15) is 0 Å². The average molecular weight is 600 g/mol. The van der Waals surface area contributed by atoms with Gasteiger partial charge in [0, 0.05) is 49.8 Å². The van der Waals surface area contributed by atoms with Gasteiger partial charge in [0.05, 0.1) is 6.04 Å². The zero-order chi connectivity index (χ0) is 31.4. The molecular weight excluding hydrogens is 546 g/mol. The molecule has 0 aliphatic carbocycles. The fraction of sp³-hybridized carbons (Fsp3) is 0.568. The first-order valence-corrected chi connectivity index (χ1v) is 17.0. The molecule has 2 fully saturated rings. The monoisotopic (exact) mass is 599 g/mol. The van der Waals surface area contributed by atoms with E-state index in [9.17, 15) is 9.59 Å². The van der Waals surface area contributed by atoms with Crippen LogP contribution in [0.5, 0.6) is 0 Å². The lowest BCUT2D eigenvalue weighted by Crippen LogP contribution is -2.69. The zero-order valence-corrected chi connectivity index (χ0v) is 27.6. The summed E-state index contributed by atoms with van der Waals surface area (Å²) in [5.74, 6) is -0.400. The van der Waals surface area contributed by atoms with Crippen molar-refractivity contribution in [3.63, 3.8) is 0 Å². The summed E-state index contributed by atoms with van der Waals surface area (Å²) >= 11 is 0. The molecule has 1 aromatic heterocycles. The van der Waals surface area contributed by atoms with Crippen molar-refractivity contribution in [3.8, 4) is 0 Å². The summed E-state index contributed by atoms with van der Waals surface area (Å²) in [6, 6.07) is 12.2. The Morgan fingerprint density at radius 2 is 1.61 bits per heavy atom. The van der Waals surface area contributed by atoms with Gasteiger partial charge in [0.15, 0.2) is 11.3 Å². The number of hydrogen-bond donors (Lipinski definition) is 2. The van der Waals surface area contributed by atoms with E-state index in [0.717, 1.165) is 67.2 Å². The molecule has 2 saturated heterocycles. The second-order valence-corrected chi connectivity index (χ2v) is 13.0. The Morgan fingerprint density at radius 3 is 2.20 bits per heavy atom. The lowest BCUT2D eigenvalue weighted by molar-refractivity contribution is -0.155. The molecule has 1 amide bonds. The molecule has 5 rings (SSSR count). The van der Waals surface area contributed by atoms with Crippen LogP contribution in [0, 0.1) is 0 Å².